The third-order valence-corrected chi connectivity index (χ3v) is 5.90. The molecule has 0 bridgehead atoms. The van der Waals surface area contributed by atoms with E-state index >= 15 is 0 Å². The molecule has 10 atom stereocenters. The van der Waals surface area contributed by atoms with Crippen molar-refractivity contribution in [1.82, 2.24) is 0 Å². The van der Waals surface area contributed by atoms with E-state index in [1.165, 1.54) is 0 Å². The largest absolute Gasteiger partial charge is 0.502 e. The van der Waals surface area contributed by atoms with Crippen molar-refractivity contribution in [1.29, 1.82) is 0 Å². The topological polar surface area (TPSA) is 245 Å². The Balaban J connectivity index is 1.94. The number of benzene rings is 1. The molecule has 0 radical (unpaired) electrons. The van der Waals surface area contributed by atoms with E-state index in [0.29, 0.717) is 6.42 Å². The zero-order chi connectivity index (χ0) is 27.4. The van der Waals surface area contributed by atoms with Crippen LogP contribution in [0.2, 0.25) is 0 Å². The van der Waals surface area contributed by atoms with Gasteiger partial charge < -0.3 is 69.6 Å². The molecule has 1 aromatic rings. The molecule has 0 aromatic heterocycles. The van der Waals surface area contributed by atoms with Gasteiger partial charge in [0.05, 0.1) is 25.4 Å². The Hall–Kier alpha value is -2.31. The molecular formula is C22H32O15. The number of ether oxygens (including phenoxy) is 5. The first kappa shape index (κ1) is 29.2. The summed E-state index contributed by atoms with van der Waals surface area (Å²) in [6, 6.07) is 2.02. The summed E-state index contributed by atoms with van der Waals surface area (Å²) in [4.78, 5) is 12.5. The molecule has 0 aliphatic carbocycles. The van der Waals surface area contributed by atoms with Gasteiger partial charge in [0.15, 0.2) is 11.5 Å². The highest BCUT2D eigenvalue weighted by Crippen LogP contribution is 2.41. The third kappa shape index (κ3) is 6.23. The normalized spacial score (nSPS) is 36.1. The number of aliphatic hydroxyl groups is 8. The van der Waals surface area contributed by atoms with Crippen LogP contribution in [0.3, 0.4) is 0 Å². The molecule has 15 heteroatoms. The summed E-state index contributed by atoms with van der Waals surface area (Å²) in [5.41, 5.74) is -0.231. The van der Waals surface area contributed by atoms with Crippen LogP contribution in [0, 0.1) is 0 Å². The number of hydrogen-bond donors (Lipinski definition) is 9. The van der Waals surface area contributed by atoms with Gasteiger partial charge in [-0.1, -0.05) is 6.92 Å². The van der Waals surface area contributed by atoms with Gasteiger partial charge >= 0.3 is 5.97 Å². The van der Waals surface area contributed by atoms with E-state index in [4.69, 9.17) is 23.7 Å². The second kappa shape index (κ2) is 12.5. The lowest BCUT2D eigenvalue weighted by Gasteiger charge is -2.40. The fourth-order valence-electron chi connectivity index (χ4n) is 3.74. The van der Waals surface area contributed by atoms with Gasteiger partial charge in [-0.25, -0.2) is 4.79 Å². The zero-order valence-corrected chi connectivity index (χ0v) is 19.7. The van der Waals surface area contributed by atoms with Crippen molar-refractivity contribution in [3.05, 3.63) is 17.7 Å². The van der Waals surface area contributed by atoms with Crippen LogP contribution in [0.25, 0.3) is 0 Å². The van der Waals surface area contributed by atoms with Crippen molar-refractivity contribution in [2.24, 2.45) is 0 Å². The maximum atomic E-state index is 12.5. The first-order chi connectivity index (χ1) is 17.5. The van der Waals surface area contributed by atoms with Crippen molar-refractivity contribution in [2.45, 2.75) is 74.8 Å². The minimum atomic E-state index is -1.84. The lowest BCUT2D eigenvalue weighted by Crippen LogP contribution is -2.60. The number of hydrogen-bond acceptors (Lipinski definition) is 15. The molecule has 2 heterocycles. The quantitative estimate of drug-likeness (QED) is 0.138. The summed E-state index contributed by atoms with van der Waals surface area (Å²) in [5.74, 6) is -2.75. The molecule has 1 aromatic carbocycles. The average molecular weight is 536 g/mol. The van der Waals surface area contributed by atoms with E-state index in [0.717, 1.165) is 12.1 Å². The van der Waals surface area contributed by atoms with Crippen LogP contribution in [0.1, 0.15) is 23.7 Å². The molecule has 0 spiro atoms. The first-order valence-electron chi connectivity index (χ1n) is 11.5. The predicted molar refractivity (Wildman–Crippen MR) is 117 cm³/mol. The van der Waals surface area contributed by atoms with E-state index in [1.54, 1.807) is 6.92 Å². The molecule has 15 nitrogen and oxygen atoms in total. The fraction of sp³-hybridized carbons (Fsp3) is 0.682. The number of carbonyl (C=O) groups is 1. The Morgan fingerprint density at radius 3 is 1.59 bits per heavy atom. The highest BCUT2D eigenvalue weighted by Gasteiger charge is 2.46. The van der Waals surface area contributed by atoms with E-state index in [9.17, 15) is 50.8 Å². The number of phenols is 1. The van der Waals surface area contributed by atoms with Crippen molar-refractivity contribution < 1.29 is 74.4 Å². The number of esters is 1. The Bertz CT molecular complexity index is 849. The smallest absolute Gasteiger partial charge is 0.338 e. The summed E-state index contributed by atoms with van der Waals surface area (Å²) in [7, 11) is 0. The van der Waals surface area contributed by atoms with E-state index in [-0.39, 0.29) is 12.2 Å². The van der Waals surface area contributed by atoms with Crippen LogP contribution < -0.4 is 9.47 Å². The molecule has 2 aliphatic rings. The Morgan fingerprint density at radius 2 is 1.22 bits per heavy atom. The van der Waals surface area contributed by atoms with Gasteiger partial charge in [-0.05, 0) is 18.6 Å². The molecule has 2 fully saturated rings. The van der Waals surface area contributed by atoms with Crippen molar-refractivity contribution >= 4 is 5.97 Å². The summed E-state index contributed by atoms with van der Waals surface area (Å²) in [6.07, 6.45) is -16.2. The highest BCUT2D eigenvalue weighted by atomic mass is 16.7. The Kier molecular flexibility index (Phi) is 9.87. The fourth-order valence-corrected chi connectivity index (χ4v) is 3.74. The first-order valence-corrected chi connectivity index (χ1v) is 11.5. The molecular weight excluding hydrogens is 504 g/mol. The summed E-state index contributed by atoms with van der Waals surface area (Å²) in [5, 5.41) is 90.0. The second-order valence-electron chi connectivity index (χ2n) is 8.59. The van der Waals surface area contributed by atoms with Crippen LogP contribution >= 0.6 is 0 Å². The predicted octanol–water partition coefficient (Wildman–Crippen LogP) is -3.68. The number of phenolic OH excluding ortho intramolecular Hbond substituents is 1. The number of aromatic hydroxyl groups is 1. The lowest BCUT2D eigenvalue weighted by molar-refractivity contribution is -0.279. The SMILES string of the molecule is CCCOC(=O)c1cc(OC2O[C@H](CO)[C@@H](O)[C@H](O)[C@H]2O)c(O)c(OC2O[C@H](CO)[C@@H](O)[C@H](O)[C@H]2O)c1. The average Bonchev–Trinajstić information content (AvgIpc) is 2.89. The second-order valence-corrected chi connectivity index (χ2v) is 8.59. The molecule has 9 N–H and O–H groups in total. The molecule has 0 amide bonds. The van der Waals surface area contributed by atoms with Crippen LogP contribution in [0.5, 0.6) is 17.2 Å². The monoisotopic (exact) mass is 536 g/mol. The van der Waals surface area contributed by atoms with Crippen molar-refractivity contribution in [3.8, 4) is 17.2 Å². The minimum absolute atomic E-state index is 0.0471. The van der Waals surface area contributed by atoms with Gasteiger partial charge in [0.2, 0.25) is 18.3 Å². The van der Waals surface area contributed by atoms with Crippen molar-refractivity contribution in [3.63, 3.8) is 0 Å². The summed E-state index contributed by atoms with van der Waals surface area (Å²) >= 11 is 0. The van der Waals surface area contributed by atoms with Gasteiger partial charge in [0, 0.05) is 0 Å². The third-order valence-electron chi connectivity index (χ3n) is 5.90. The molecule has 3 rings (SSSR count). The van der Waals surface area contributed by atoms with Crippen molar-refractivity contribution in [2.75, 3.05) is 19.8 Å². The molecule has 2 unspecified atom stereocenters. The summed E-state index contributed by atoms with van der Waals surface area (Å²) < 4.78 is 26.5. The van der Waals surface area contributed by atoms with Gasteiger partial charge in [0.25, 0.3) is 0 Å². The molecule has 2 aliphatic heterocycles. The van der Waals surface area contributed by atoms with Crippen LogP contribution in [-0.4, -0.2) is 133 Å². The van der Waals surface area contributed by atoms with Gasteiger partial charge in [-0.3, -0.25) is 0 Å². The van der Waals surface area contributed by atoms with Gasteiger partial charge in [-0.15, -0.1) is 0 Å². The number of rotatable bonds is 9. The van der Waals surface area contributed by atoms with Crippen LogP contribution in [0.4, 0.5) is 0 Å². The molecule has 37 heavy (non-hydrogen) atoms. The zero-order valence-electron chi connectivity index (χ0n) is 19.7. The number of aliphatic hydroxyl groups excluding tert-OH is 8. The van der Waals surface area contributed by atoms with E-state index < -0.39 is 97.8 Å². The maximum Gasteiger partial charge on any atom is 0.338 e. The Morgan fingerprint density at radius 1 is 0.784 bits per heavy atom. The lowest BCUT2D eigenvalue weighted by atomic mass is 9.99. The van der Waals surface area contributed by atoms with E-state index in [1.807, 2.05) is 0 Å². The molecule has 2 saturated heterocycles. The highest BCUT2D eigenvalue weighted by molar-refractivity contribution is 5.91. The maximum absolute atomic E-state index is 12.5. The minimum Gasteiger partial charge on any atom is -0.502 e. The van der Waals surface area contributed by atoms with Crippen LogP contribution in [-0.2, 0) is 14.2 Å². The summed E-state index contributed by atoms with van der Waals surface area (Å²) in [6.45, 7) is 0.314. The van der Waals surface area contributed by atoms with Gasteiger partial charge in [0.1, 0.15) is 48.8 Å². The van der Waals surface area contributed by atoms with Gasteiger partial charge in [-0.2, -0.15) is 0 Å². The molecule has 0 saturated carbocycles. The van der Waals surface area contributed by atoms with E-state index in [2.05, 4.69) is 0 Å². The number of carbonyl (C=O) groups excluding carboxylic acids is 1. The standard InChI is InChI=1S/C22H32O15/c1-2-3-33-20(32)8-4-9(34-21-18(30)16(28)14(26)11(6-23)36-21)13(25)10(5-8)35-22-19(31)17(29)15(27)12(7-24)37-22/h4-5,11-12,14-19,21-31H,2-3,6-7H2,1H3/t11-,12-,14-,15-,16+,17+,18-,19-,21?,22?/m1/s1. The van der Waals surface area contributed by atoms with Crippen LogP contribution in [0.15, 0.2) is 12.1 Å². The Labute approximate surface area is 210 Å². The molecule has 210 valence electrons.